The van der Waals surface area contributed by atoms with Crippen LogP contribution in [0.4, 0.5) is 0 Å². The predicted molar refractivity (Wildman–Crippen MR) is 89.0 cm³/mol. The zero-order valence-corrected chi connectivity index (χ0v) is 13.8. The zero-order valence-electron chi connectivity index (χ0n) is 12.2. The summed E-state index contributed by atoms with van der Waals surface area (Å²) in [5, 5.41) is 0.575. The molecule has 2 nitrogen and oxygen atoms in total. The molecule has 1 aliphatic carbocycles. The van der Waals surface area contributed by atoms with Crippen molar-refractivity contribution in [2.45, 2.75) is 49.2 Å². The lowest BCUT2D eigenvalue weighted by molar-refractivity contribution is 0.688. The lowest BCUT2D eigenvalue weighted by Crippen LogP contribution is -2.02. The fourth-order valence-electron chi connectivity index (χ4n) is 2.76. The molecule has 1 heterocycles. The number of nitrogens with zero attached hydrogens (tertiary/aromatic N) is 2. The third kappa shape index (κ3) is 3.98. The van der Waals surface area contributed by atoms with Gasteiger partial charge in [-0.05, 0) is 38.0 Å². The van der Waals surface area contributed by atoms with E-state index in [2.05, 4.69) is 36.2 Å². The molecule has 0 spiro atoms. The Kier molecular flexibility index (Phi) is 4.81. The van der Waals surface area contributed by atoms with Gasteiger partial charge in [0.2, 0.25) is 0 Å². The van der Waals surface area contributed by atoms with Crippen molar-refractivity contribution >= 4 is 23.4 Å². The van der Waals surface area contributed by atoms with Crippen molar-refractivity contribution in [1.82, 2.24) is 9.97 Å². The van der Waals surface area contributed by atoms with Crippen LogP contribution in [0.5, 0.6) is 0 Å². The molecule has 21 heavy (non-hydrogen) atoms. The third-order valence-corrected chi connectivity index (χ3v) is 5.13. The number of aryl methyl sites for hydroxylation is 1. The van der Waals surface area contributed by atoms with Crippen LogP contribution in [0.2, 0.25) is 5.15 Å². The Morgan fingerprint density at radius 2 is 1.86 bits per heavy atom. The van der Waals surface area contributed by atoms with Crippen LogP contribution in [-0.4, -0.2) is 9.97 Å². The first-order valence-electron chi connectivity index (χ1n) is 7.43. The van der Waals surface area contributed by atoms with E-state index >= 15 is 0 Å². The van der Waals surface area contributed by atoms with Crippen LogP contribution in [0.15, 0.2) is 35.2 Å². The van der Waals surface area contributed by atoms with Crippen molar-refractivity contribution in [3.8, 4) is 0 Å². The van der Waals surface area contributed by atoms with Crippen LogP contribution in [0, 0.1) is 6.92 Å². The number of halogens is 1. The van der Waals surface area contributed by atoms with E-state index in [0.717, 1.165) is 17.3 Å². The number of hydrogen-bond acceptors (Lipinski definition) is 3. The van der Waals surface area contributed by atoms with Gasteiger partial charge in [0.25, 0.3) is 0 Å². The maximum Gasteiger partial charge on any atom is 0.140 e. The van der Waals surface area contributed by atoms with Crippen molar-refractivity contribution in [2.24, 2.45) is 0 Å². The van der Waals surface area contributed by atoms with E-state index in [4.69, 9.17) is 16.6 Å². The second kappa shape index (κ2) is 6.80. The summed E-state index contributed by atoms with van der Waals surface area (Å²) in [6.45, 7) is 2.10. The molecule has 110 valence electrons. The van der Waals surface area contributed by atoms with E-state index < -0.39 is 0 Å². The molecular formula is C17H19ClN2S. The summed E-state index contributed by atoms with van der Waals surface area (Å²) in [7, 11) is 0. The first-order valence-corrected chi connectivity index (χ1v) is 8.80. The number of hydrogen-bond donors (Lipinski definition) is 0. The molecule has 0 saturated heterocycles. The molecule has 0 atom stereocenters. The molecule has 0 bridgehead atoms. The molecule has 1 fully saturated rings. The van der Waals surface area contributed by atoms with Gasteiger partial charge in [-0.3, -0.25) is 0 Å². The van der Waals surface area contributed by atoms with Crippen LogP contribution in [0.1, 0.15) is 48.7 Å². The van der Waals surface area contributed by atoms with Crippen molar-refractivity contribution in [3.63, 3.8) is 0 Å². The molecule has 0 unspecified atom stereocenters. The largest absolute Gasteiger partial charge is 0.237 e. The standard InChI is InChI=1S/C17H19ClN2S/c1-12-6-8-14(9-7-12)21-11-17-19-15(10-16(18)20-17)13-4-2-3-5-13/h6-10,13H,2-5,11H2,1H3. The fraction of sp³-hybridized carbons (Fsp3) is 0.412. The topological polar surface area (TPSA) is 25.8 Å². The van der Waals surface area contributed by atoms with E-state index in [-0.39, 0.29) is 0 Å². The number of aromatic nitrogens is 2. The number of thioether (sulfide) groups is 1. The average molecular weight is 319 g/mol. The van der Waals surface area contributed by atoms with Crippen molar-refractivity contribution in [1.29, 1.82) is 0 Å². The normalized spacial score (nSPS) is 15.5. The molecule has 3 rings (SSSR count). The Balaban J connectivity index is 1.71. The van der Waals surface area contributed by atoms with Crippen LogP contribution in [-0.2, 0) is 5.75 Å². The Bertz CT molecular complexity index is 607. The van der Waals surface area contributed by atoms with Crippen LogP contribution in [0.3, 0.4) is 0 Å². The van der Waals surface area contributed by atoms with Gasteiger partial charge in [-0.1, -0.05) is 42.1 Å². The first-order chi connectivity index (χ1) is 10.2. The molecule has 2 aromatic rings. The molecule has 1 aliphatic rings. The lowest BCUT2D eigenvalue weighted by Gasteiger charge is -2.10. The summed E-state index contributed by atoms with van der Waals surface area (Å²) < 4.78 is 0. The molecular weight excluding hydrogens is 300 g/mol. The van der Waals surface area contributed by atoms with Crippen molar-refractivity contribution in [3.05, 3.63) is 52.6 Å². The fourth-order valence-corrected chi connectivity index (χ4v) is 3.72. The quantitative estimate of drug-likeness (QED) is 0.558. The molecule has 0 amide bonds. The van der Waals surface area contributed by atoms with Gasteiger partial charge < -0.3 is 0 Å². The maximum atomic E-state index is 6.17. The summed E-state index contributed by atoms with van der Waals surface area (Å²) in [5.74, 6) is 2.19. The second-order valence-corrected chi connectivity index (χ2v) is 7.05. The van der Waals surface area contributed by atoms with Gasteiger partial charge in [-0.2, -0.15) is 0 Å². The Labute approximate surface area is 135 Å². The molecule has 0 N–H and O–H groups in total. The molecule has 1 aromatic heterocycles. The minimum atomic E-state index is 0.575. The monoisotopic (exact) mass is 318 g/mol. The predicted octanol–water partition coefficient (Wildman–Crippen LogP) is 5.39. The summed E-state index contributed by atoms with van der Waals surface area (Å²) in [5.41, 5.74) is 2.41. The number of benzene rings is 1. The van der Waals surface area contributed by atoms with Crippen molar-refractivity contribution < 1.29 is 0 Å². The maximum absolute atomic E-state index is 6.17. The molecule has 1 aromatic carbocycles. The summed E-state index contributed by atoms with van der Waals surface area (Å²) >= 11 is 7.93. The van der Waals surface area contributed by atoms with Crippen LogP contribution in [0.25, 0.3) is 0 Å². The van der Waals surface area contributed by atoms with Crippen LogP contribution < -0.4 is 0 Å². The highest BCUT2D eigenvalue weighted by Gasteiger charge is 2.19. The van der Waals surface area contributed by atoms with Gasteiger partial charge in [0, 0.05) is 16.5 Å². The van der Waals surface area contributed by atoms with E-state index in [1.807, 2.05) is 6.07 Å². The third-order valence-electron chi connectivity index (χ3n) is 3.92. The molecule has 4 heteroatoms. The molecule has 1 saturated carbocycles. The van der Waals surface area contributed by atoms with E-state index in [0.29, 0.717) is 11.1 Å². The van der Waals surface area contributed by atoms with Gasteiger partial charge in [-0.25, -0.2) is 9.97 Å². The van der Waals surface area contributed by atoms with Gasteiger partial charge in [0.15, 0.2) is 0 Å². The Morgan fingerprint density at radius 1 is 1.14 bits per heavy atom. The Morgan fingerprint density at radius 3 is 2.57 bits per heavy atom. The average Bonchev–Trinajstić information content (AvgIpc) is 3.00. The van der Waals surface area contributed by atoms with Gasteiger partial charge in [0.05, 0.1) is 5.75 Å². The highest BCUT2D eigenvalue weighted by molar-refractivity contribution is 7.98. The molecule has 0 aliphatic heterocycles. The minimum Gasteiger partial charge on any atom is -0.237 e. The minimum absolute atomic E-state index is 0.575. The van der Waals surface area contributed by atoms with E-state index in [1.165, 1.54) is 36.1 Å². The second-order valence-electron chi connectivity index (χ2n) is 5.61. The summed E-state index contributed by atoms with van der Waals surface area (Å²) in [6, 6.07) is 10.5. The van der Waals surface area contributed by atoms with E-state index in [9.17, 15) is 0 Å². The summed E-state index contributed by atoms with van der Waals surface area (Å²) in [6.07, 6.45) is 5.08. The zero-order chi connectivity index (χ0) is 14.7. The van der Waals surface area contributed by atoms with E-state index in [1.54, 1.807) is 11.8 Å². The van der Waals surface area contributed by atoms with Crippen LogP contribution >= 0.6 is 23.4 Å². The van der Waals surface area contributed by atoms with Gasteiger partial charge in [-0.15, -0.1) is 11.8 Å². The smallest absolute Gasteiger partial charge is 0.140 e. The highest BCUT2D eigenvalue weighted by atomic mass is 35.5. The first kappa shape index (κ1) is 14.9. The SMILES string of the molecule is Cc1ccc(SCc2nc(Cl)cc(C3CCCC3)n2)cc1. The number of rotatable bonds is 4. The lowest BCUT2D eigenvalue weighted by atomic mass is 10.0. The highest BCUT2D eigenvalue weighted by Crippen LogP contribution is 2.34. The summed E-state index contributed by atoms with van der Waals surface area (Å²) in [4.78, 5) is 10.3. The van der Waals surface area contributed by atoms with Crippen molar-refractivity contribution in [2.75, 3.05) is 0 Å². The van der Waals surface area contributed by atoms with Gasteiger partial charge >= 0.3 is 0 Å². The molecule has 0 radical (unpaired) electrons. The van der Waals surface area contributed by atoms with Gasteiger partial charge in [0.1, 0.15) is 11.0 Å². The Hall–Kier alpha value is -1.06.